The highest BCUT2D eigenvalue weighted by atomic mass is 16.6. The Bertz CT molecular complexity index is 241. The number of hydrogen-bond donors (Lipinski definition) is 2. The number of carbonyl (C=O) groups is 2. The fourth-order valence-corrected chi connectivity index (χ4v) is 1.10. The van der Waals surface area contributed by atoms with Crippen molar-refractivity contribution in [3.63, 3.8) is 0 Å². The zero-order valence-corrected chi connectivity index (χ0v) is 8.19. The highest BCUT2D eigenvalue weighted by molar-refractivity contribution is 5.70. The van der Waals surface area contributed by atoms with Gasteiger partial charge in [-0.1, -0.05) is 0 Å². The fraction of sp³-hybridized carbons (Fsp3) is 0.750. The van der Waals surface area contributed by atoms with Crippen molar-refractivity contribution in [3.8, 4) is 0 Å². The van der Waals surface area contributed by atoms with Crippen LogP contribution >= 0.6 is 0 Å². The average Bonchev–Trinajstić information content (AvgIpc) is 1.95. The monoisotopic (exact) mass is 202 g/mol. The molecule has 1 unspecified atom stereocenters. The van der Waals surface area contributed by atoms with E-state index in [1.807, 2.05) is 0 Å². The van der Waals surface area contributed by atoms with Crippen LogP contribution in [0.4, 0.5) is 9.59 Å². The van der Waals surface area contributed by atoms with E-state index in [4.69, 9.17) is 9.84 Å². The maximum Gasteiger partial charge on any atom is 0.410 e. The Morgan fingerprint density at radius 2 is 2.21 bits per heavy atom. The maximum atomic E-state index is 11.1. The van der Waals surface area contributed by atoms with Crippen LogP contribution in [0, 0.1) is 0 Å². The van der Waals surface area contributed by atoms with Crippen molar-refractivity contribution in [2.45, 2.75) is 32.5 Å². The molecule has 14 heavy (non-hydrogen) atoms. The molecule has 80 valence electrons. The molecule has 0 aromatic carbocycles. The van der Waals surface area contributed by atoms with Crippen molar-refractivity contribution in [1.82, 2.24) is 10.2 Å². The largest absolute Gasteiger partial charge is 0.465 e. The van der Waals surface area contributed by atoms with Gasteiger partial charge in [0.25, 0.3) is 0 Å². The Balaban J connectivity index is 2.31. The molecule has 0 spiro atoms. The molecular formula is C8H14N2O4. The minimum Gasteiger partial charge on any atom is -0.465 e. The fourth-order valence-electron chi connectivity index (χ4n) is 1.10. The van der Waals surface area contributed by atoms with Crippen molar-refractivity contribution in [1.29, 1.82) is 0 Å². The van der Waals surface area contributed by atoms with Gasteiger partial charge in [-0.15, -0.1) is 0 Å². The number of ether oxygens (including phenoxy) is 1. The smallest absolute Gasteiger partial charge is 0.410 e. The zero-order valence-electron chi connectivity index (χ0n) is 8.19. The van der Waals surface area contributed by atoms with Gasteiger partial charge in [0.2, 0.25) is 0 Å². The molecule has 1 saturated heterocycles. The average molecular weight is 202 g/mol. The van der Waals surface area contributed by atoms with Crippen LogP contribution in [0.5, 0.6) is 0 Å². The highest BCUT2D eigenvalue weighted by Gasteiger charge is 2.35. The molecule has 1 atom stereocenters. The Morgan fingerprint density at radius 1 is 1.57 bits per heavy atom. The summed E-state index contributed by atoms with van der Waals surface area (Å²) in [4.78, 5) is 22.7. The topological polar surface area (TPSA) is 78.9 Å². The first-order valence-electron chi connectivity index (χ1n) is 4.47. The summed E-state index contributed by atoms with van der Waals surface area (Å²) >= 11 is 0. The number of hydrogen-bond acceptors (Lipinski definition) is 3. The second kappa shape index (κ2) is 4.17. The molecule has 2 N–H and O–H groups in total. The van der Waals surface area contributed by atoms with Gasteiger partial charge in [-0.3, -0.25) is 4.90 Å². The zero-order chi connectivity index (χ0) is 10.7. The van der Waals surface area contributed by atoms with Crippen LogP contribution in [0.2, 0.25) is 0 Å². The van der Waals surface area contributed by atoms with E-state index in [-0.39, 0.29) is 6.04 Å². The summed E-state index contributed by atoms with van der Waals surface area (Å²) in [5, 5.41) is 11.1. The number of carboxylic acid groups (broad SMARTS) is 1. The molecule has 2 amide bonds. The second-order valence-corrected chi connectivity index (χ2v) is 3.42. The number of alkyl carbamates (subject to hydrolysis) is 1. The Morgan fingerprint density at radius 3 is 2.57 bits per heavy atom. The molecule has 6 heteroatoms. The molecule has 0 aromatic heterocycles. The van der Waals surface area contributed by atoms with Crippen molar-refractivity contribution in [2.75, 3.05) is 6.54 Å². The second-order valence-electron chi connectivity index (χ2n) is 3.42. The maximum absolute atomic E-state index is 11.1. The summed E-state index contributed by atoms with van der Waals surface area (Å²) in [6.45, 7) is 4.03. The molecule has 0 bridgehead atoms. The summed E-state index contributed by atoms with van der Waals surface area (Å²) in [5.41, 5.74) is 0. The first kappa shape index (κ1) is 10.6. The predicted molar refractivity (Wildman–Crippen MR) is 47.9 cm³/mol. The lowest BCUT2D eigenvalue weighted by Crippen LogP contribution is -2.53. The van der Waals surface area contributed by atoms with Crippen LogP contribution in [0.3, 0.4) is 0 Å². The third-order valence-corrected chi connectivity index (χ3v) is 1.86. The summed E-state index contributed by atoms with van der Waals surface area (Å²) in [5.74, 6) is 0. The molecule has 6 nitrogen and oxygen atoms in total. The third kappa shape index (κ3) is 2.51. The lowest BCUT2D eigenvalue weighted by Gasteiger charge is -2.37. The van der Waals surface area contributed by atoms with Crippen molar-refractivity contribution < 1.29 is 19.4 Å². The number of amides is 2. The Labute approximate surface area is 81.8 Å². The van der Waals surface area contributed by atoms with Gasteiger partial charge >= 0.3 is 12.2 Å². The predicted octanol–water partition coefficient (Wildman–Crippen LogP) is 0.831. The van der Waals surface area contributed by atoms with Gasteiger partial charge < -0.3 is 15.2 Å². The molecule has 1 rings (SSSR count). The molecule has 1 fully saturated rings. The van der Waals surface area contributed by atoms with E-state index in [0.717, 1.165) is 4.90 Å². The first-order valence-corrected chi connectivity index (χ1v) is 4.47. The van der Waals surface area contributed by atoms with Gasteiger partial charge in [-0.05, 0) is 13.8 Å². The van der Waals surface area contributed by atoms with E-state index in [0.29, 0.717) is 13.0 Å². The summed E-state index contributed by atoms with van der Waals surface area (Å²) < 4.78 is 4.87. The van der Waals surface area contributed by atoms with Gasteiger partial charge in [0.1, 0.15) is 0 Å². The highest BCUT2D eigenvalue weighted by Crippen LogP contribution is 2.18. The van der Waals surface area contributed by atoms with Crippen LogP contribution in [-0.4, -0.2) is 41.0 Å². The lowest BCUT2D eigenvalue weighted by atomic mass is 10.2. The van der Waals surface area contributed by atoms with E-state index in [9.17, 15) is 9.59 Å². The third-order valence-electron chi connectivity index (χ3n) is 1.86. The molecule has 0 radical (unpaired) electrons. The first-order chi connectivity index (χ1) is 6.50. The van der Waals surface area contributed by atoms with Gasteiger partial charge in [0, 0.05) is 19.0 Å². The molecular weight excluding hydrogens is 188 g/mol. The van der Waals surface area contributed by atoms with Gasteiger partial charge in [-0.25, -0.2) is 9.59 Å². The molecule has 1 heterocycles. The minimum absolute atomic E-state index is 0.0131. The normalized spacial score (nSPS) is 20.2. The minimum atomic E-state index is -1.06. The van der Waals surface area contributed by atoms with Crippen molar-refractivity contribution in [3.05, 3.63) is 0 Å². The van der Waals surface area contributed by atoms with E-state index in [1.54, 1.807) is 13.8 Å². The molecule has 0 saturated carbocycles. The van der Waals surface area contributed by atoms with E-state index in [2.05, 4.69) is 5.32 Å². The van der Waals surface area contributed by atoms with Crippen molar-refractivity contribution in [2.24, 2.45) is 0 Å². The van der Waals surface area contributed by atoms with Gasteiger partial charge in [0.05, 0.1) is 0 Å². The Hall–Kier alpha value is -1.46. The number of rotatable bonds is 2. The summed E-state index contributed by atoms with van der Waals surface area (Å²) in [7, 11) is 0. The summed E-state index contributed by atoms with van der Waals surface area (Å²) in [6, 6.07) is -0.0131. The standard InChI is InChI=1S/C8H14N2O4/c1-5(2)9-7(11)14-6-3-4-10(6)8(12)13/h5-6H,3-4H2,1-2H3,(H,9,11)(H,12,13). The van der Waals surface area contributed by atoms with Crippen LogP contribution in [-0.2, 0) is 4.74 Å². The SMILES string of the molecule is CC(C)NC(=O)OC1CCN1C(=O)O. The van der Waals surface area contributed by atoms with Crippen LogP contribution < -0.4 is 5.32 Å². The summed E-state index contributed by atoms with van der Waals surface area (Å²) in [6.07, 6.45) is -1.68. The van der Waals surface area contributed by atoms with E-state index in [1.165, 1.54) is 0 Å². The van der Waals surface area contributed by atoms with Gasteiger partial charge in [0.15, 0.2) is 6.23 Å². The molecule has 0 aliphatic carbocycles. The molecule has 1 aliphatic heterocycles. The van der Waals surface area contributed by atoms with Crippen LogP contribution in [0.15, 0.2) is 0 Å². The van der Waals surface area contributed by atoms with Crippen molar-refractivity contribution >= 4 is 12.2 Å². The lowest BCUT2D eigenvalue weighted by molar-refractivity contribution is -0.0640. The van der Waals surface area contributed by atoms with Crippen LogP contribution in [0.25, 0.3) is 0 Å². The number of carbonyl (C=O) groups excluding carboxylic acids is 1. The number of nitrogens with one attached hydrogen (secondary N) is 1. The molecule has 1 aliphatic rings. The molecule has 0 aromatic rings. The van der Waals surface area contributed by atoms with Gasteiger partial charge in [-0.2, -0.15) is 0 Å². The van der Waals surface area contributed by atoms with Crippen LogP contribution in [0.1, 0.15) is 20.3 Å². The Kier molecular flexibility index (Phi) is 3.16. The quantitative estimate of drug-likeness (QED) is 0.695. The number of nitrogens with zero attached hydrogens (tertiary/aromatic N) is 1. The number of likely N-dealkylation sites (tertiary alicyclic amines) is 1. The van der Waals surface area contributed by atoms with E-state index < -0.39 is 18.4 Å². The van der Waals surface area contributed by atoms with E-state index >= 15 is 0 Å².